The molecule has 0 spiro atoms. The van der Waals surface area contributed by atoms with Gasteiger partial charge < -0.3 is 10.6 Å². The van der Waals surface area contributed by atoms with Crippen LogP contribution in [0.3, 0.4) is 0 Å². The van der Waals surface area contributed by atoms with Crippen molar-refractivity contribution in [2.45, 2.75) is 6.92 Å². The molecule has 3 rings (SSSR count). The van der Waals surface area contributed by atoms with Gasteiger partial charge in [0.15, 0.2) is 0 Å². The van der Waals surface area contributed by atoms with E-state index in [1.165, 1.54) is 6.08 Å². The molecule has 0 saturated carbocycles. The molecule has 3 aromatic carbocycles. The summed E-state index contributed by atoms with van der Waals surface area (Å²) in [5, 5.41) is 5.63. The topological polar surface area (TPSA) is 58.2 Å². The van der Waals surface area contributed by atoms with E-state index in [1.807, 2.05) is 61.5 Å². The zero-order chi connectivity index (χ0) is 19.1. The first kappa shape index (κ1) is 18.1. The van der Waals surface area contributed by atoms with Gasteiger partial charge in [-0.3, -0.25) is 9.59 Å². The average molecular weight is 356 g/mol. The van der Waals surface area contributed by atoms with Crippen molar-refractivity contribution in [3.8, 4) is 0 Å². The zero-order valence-electron chi connectivity index (χ0n) is 15.0. The van der Waals surface area contributed by atoms with Gasteiger partial charge in [-0.05, 0) is 48.4 Å². The van der Waals surface area contributed by atoms with E-state index in [2.05, 4.69) is 10.6 Å². The van der Waals surface area contributed by atoms with Crippen LogP contribution in [0.2, 0.25) is 0 Å². The minimum Gasteiger partial charge on any atom is -0.322 e. The molecule has 0 unspecified atom stereocenters. The molecule has 0 aliphatic rings. The van der Waals surface area contributed by atoms with E-state index in [1.54, 1.807) is 30.3 Å². The van der Waals surface area contributed by atoms with Gasteiger partial charge in [0.2, 0.25) is 5.91 Å². The lowest BCUT2D eigenvalue weighted by molar-refractivity contribution is -0.111. The summed E-state index contributed by atoms with van der Waals surface area (Å²) in [5.41, 5.74) is 3.56. The summed E-state index contributed by atoms with van der Waals surface area (Å²) in [5.74, 6) is -0.571. The highest BCUT2D eigenvalue weighted by Gasteiger charge is 2.12. The molecule has 3 aromatic rings. The van der Waals surface area contributed by atoms with Gasteiger partial charge in [0.05, 0.1) is 11.3 Å². The van der Waals surface area contributed by atoms with E-state index in [4.69, 9.17) is 0 Å². The van der Waals surface area contributed by atoms with Gasteiger partial charge in [0.25, 0.3) is 5.91 Å². The molecule has 27 heavy (non-hydrogen) atoms. The lowest BCUT2D eigenvalue weighted by Gasteiger charge is -2.11. The lowest BCUT2D eigenvalue weighted by Crippen LogP contribution is -2.17. The molecular formula is C23H20N2O2. The minimum absolute atomic E-state index is 0.275. The third kappa shape index (κ3) is 5.16. The highest BCUT2D eigenvalue weighted by molar-refractivity contribution is 6.11. The fourth-order valence-electron chi connectivity index (χ4n) is 2.62. The largest absolute Gasteiger partial charge is 0.322 e. The molecule has 4 heteroatoms. The Bertz CT molecular complexity index is 978. The molecule has 0 radical (unpaired) electrons. The van der Waals surface area contributed by atoms with Crippen molar-refractivity contribution in [3.05, 3.63) is 102 Å². The number of carbonyl (C=O) groups excluding carboxylic acids is 2. The number of hydrogen-bond donors (Lipinski definition) is 2. The summed E-state index contributed by atoms with van der Waals surface area (Å²) in [6.45, 7) is 1.96. The van der Waals surface area contributed by atoms with Crippen molar-refractivity contribution in [3.63, 3.8) is 0 Å². The Morgan fingerprint density at radius 2 is 1.56 bits per heavy atom. The summed E-state index contributed by atoms with van der Waals surface area (Å²) in [6, 6.07) is 24.0. The molecule has 0 heterocycles. The summed E-state index contributed by atoms with van der Waals surface area (Å²) >= 11 is 0. The molecule has 0 bridgehead atoms. The summed E-state index contributed by atoms with van der Waals surface area (Å²) in [6.07, 6.45) is 3.18. The van der Waals surface area contributed by atoms with Crippen molar-refractivity contribution in [1.82, 2.24) is 0 Å². The number of hydrogen-bond acceptors (Lipinski definition) is 2. The Balaban J connectivity index is 1.72. The Kier molecular flexibility index (Phi) is 5.80. The smallest absolute Gasteiger partial charge is 0.257 e. The van der Waals surface area contributed by atoms with Crippen LogP contribution in [0.4, 0.5) is 11.4 Å². The first-order valence-electron chi connectivity index (χ1n) is 8.63. The third-order valence-electron chi connectivity index (χ3n) is 3.93. The molecule has 0 fully saturated rings. The number of aryl methyl sites for hydroxylation is 1. The molecular weight excluding hydrogens is 336 g/mol. The Labute approximate surface area is 158 Å². The van der Waals surface area contributed by atoms with E-state index in [0.29, 0.717) is 16.9 Å². The van der Waals surface area contributed by atoms with E-state index >= 15 is 0 Å². The van der Waals surface area contributed by atoms with Crippen molar-refractivity contribution >= 4 is 29.3 Å². The number of nitrogens with one attached hydrogen (secondary N) is 2. The Hall–Kier alpha value is -3.66. The molecule has 134 valence electrons. The predicted molar refractivity (Wildman–Crippen MR) is 110 cm³/mol. The van der Waals surface area contributed by atoms with Gasteiger partial charge in [-0.1, -0.05) is 54.6 Å². The van der Waals surface area contributed by atoms with Crippen LogP contribution in [0.15, 0.2) is 84.9 Å². The average Bonchev–Trinajstić information content (AvgIpc) is 2.67. The maximum atomic E-state index is 12.6. The quantitative estimate of drug-likeness (QED) is 0.639. The second-order valence-electron chi connectivity index (χ2n) is 6.10. The van der Waals surface area contributed by atoms with Crippen LogP contribution in [0.5, 0.6) is 0 Å². The summed E-state index contributed by atoms with van der Waals surface area (Å²) in [4.78, 5) is 24.9. The molecule has 2 N–H and O–H groups in total. The van der Waals surface area contributed by atoms with Crippen molar-refractivity contribution < 1.29 is 9.59 Å². The normalized spacial score (nSPS) is 10.6. The summed E-state index contributed by atoms with van der Waals surface area (Å²) < 4.78 is 0. The number of carbonyl (C=O) groups is 2. The first-order valence-corrected chi connectivity index (χ1v) is 8.63. The monoisotopic (exact) mass is 356 g/mol. The van der Waals surface area contributed by atoms with Crippen LogP contribution in [-0.2, 0) is 4.79 Å². The molecule has 0 aliphatic heterocycles. The SMILES string of the molecule is Cc1cccc(NC(=O)c2ccccc2NC(=O)C=Cc2ccccc2)c1. The third-order valence-corrected chi connectivity index (χ3v) is 3.93. The Morgan fingerprint density at radius 3 is 2.33 bits per heavy atom. The minimum atomic E-state index is -0.297. The molecule has 0 aromatic heterocycles. The maximum absolute atomic E-state index is 12.6. The van der Waals surface area contributed by atoms with Crippen LogP contribution < -0.4 is 10.6 Å². The van der Waals surface area contributed by atoms with Crippen LogP contribution in [0.25, 0.3) is 6.08 Å². The fourth-order valence-corrected chi connectivity index (χ4v) is 2.62. The van der Waals surface area contributed by atoms with Gasteiger partial charge in [-0.2, -0.15) is 0 Å². The second-order valence-corrected chi connectivity index (χ2v) is 6.10. The van der Waals surface area contributed by atoms with Crippen LogP contribution >= 0.6 is 0 Å². The van der Waals surface area contributed by atoms with Crippen LogP contribution in [0.1, 0.15) is 21.5 Å². The lowest BCUT2D eigenvalue weighted by atomic mass is 10.1. The van der Waals surface area contributed by atoms with E-state index in [-0.39, 0.29) is 11.8 Å². The van der Waals surface area contributed by atoms with Gasteiger partial charge in [0.1, 0.15) is 0 Å². The molecule has 4 nitrogen and oxygen atoms in total. The maximum Gasteiger partial charge on any atom is 0.257 e. The Morgan fingerprint density at radius 1 is 0.815 bits per heavy atom. The number of amides is 2. The van der Waals surface area contributed by atoms with E-state index in [0.717, 1.165) is 11.1 Å². The zero-order valence-corrected chi connectivity index (χ0v) is 15.0. The van der Waals surface area contributed by atoms with E-state index in [9.17, 15) is 9.59 Å². The number of rotatable bonds is 5. The van der Waals surface area contributed by atoms with Gasteiger partial charge in [0, 0.05) is 11.8 Å². The van der Waals surface area contributed by atoms with Gasteiger partial charge in [-0.15, -0.1) is 0 Å². The van der Waals surface area contributed by atoms with Crippen molar-refractivity contribution in [2.24, 2.45) is 0 Å². The van der Waals surface area contributed by atoms with E-state index < -0.39 is 0 Å². The molecule has 2 amide bonds. The highest BCUT2D eigenvalue weighted by atomic mass is 16.2. The van der Waals surface area contributed by atoms with Crippen molar-refractivity contribution in [1.29, 1.82) is 0 Å². The van der Waals surface area contributed by atoms with Crippen LogP contribution in [0, 0.1) is 6.92 Å². The molecule has 0 aliphatic carbocycles. The summed E-state index contributed by atoms with van der Waals surface area (Å²) in [7, 11) is 0. The van der Waals surface area contributed by atoms with Crippen LogP contribution in [-0.4, -0.2) is 11.8 Å². The predicted octanol–water partition coefficient (Wildman–Crippen LogP) is 4.90. The molecule has 0 saturated heterocycles. The first-order chi connectivity index (χ1) is 13.1. The van der Waals surface area contributed by atoms with Gasteiger partial charge >= 0.3 is 0 Å². The standard InChI is InChI=1S/C23H20N2O2/c1-17-8-7-11-19(16-17)24-23(27)20-12-5-6-13-21(20)25-22(26)15-14-18-9-3-2-4-10-18/h2-16H,1H3,(H,24,27)(H,25,26). The van der Waals surface area contributed by atoms with Gasteiger partial charge in [-0.25, -0.2) is 0 Å². The second kappa shape index (κ2) is 8.63. The molecule has 0 atom stereocenters. The number of benzene rings is 3. The highest BCUT2D eigenvalue weighted by Crippen LogP contribution is 2.18. The number of para-hydroxylation sites is 1. The number of anilines is 2. The fraction of sp³-hybridized carbons (Fsp3) is 0.0435. The van der Waals surface area contributed by atoms with Crippen molar-refractivity contribution in [2.75, 3.05) is 10.6 Å².